The summed E-state index contributed by atoms with van der Waals surface area (Å²) in [6.45, 7) is 0. The summed E-state index contributed by atoms with van der Waals surface area (Å²) in [5.41, 5.74) is 0. The molecule has 0 N–H and O–H groups in total. The molecule has 0 aliphatic heterocycles. The van der Waals surface area contributed by atoms with Crippen molar-refractivity contribution in [2.75, 3.05) is 25.0 Å². The van der Waals surface area contributed by atoms with E-state index in [2.05, 4.69) is 0 Å². The fourth-order valence-electron chi connectivity index (χ4n) is 0.634. The molecule has 0 rings (SSSR count). The van der Waals surface area contributed by atoms with Crippen molar-refractivity contribution in [3.8, 4) is 0 Å². The van der Waals surface area contributed by atoms with Gasteiger partial charge in [-0.1, -0.05) is 0 Å². The van der Waals surface area contributed by atoms with E-state index >= 15 is 0 Å². The van der Waals surface area contributed by atoms with Crippen molar-refractivity contribution in [1.82, 2.24) is 0 Å². The van der Waals surface area contributed by atoms with Gasteiger partial charge in [0.1, 0.15) is 0 Å². The molecule has 0 spiro atoms. The summed E-state index contributed by atoms with van der Waals surface area (Å²) in [5.74, 6) is 0. The Hall–Kier alpha value is 1.99. The molecule has 0 saturated heterocycles. The van der Waals surface area contributed by atoms with Crippen LogP contribution in [0.5, 0.6) is 0 Å². The zero-order valence-electron chi connectivity index (χ0n) is 7.48. The monoisotopic (exact) mass is 286 g/mol. The first-order valence-corrected chi connectivity index (χ1v) is 9.27. The highest BCUT2D eigenvalue weighted by molar-refractivity contribution is 8.61. The van der Waals surface area contributed by atoms with Gasteiger partial charge in [-0.25, -0.2) is 21.5 Å². The van der Waals surface area contributed by atoms with Crippen molar-refractivity contribution >= 4 is 75.6 Å². The molecule has 0 nitrogen and oxygen atoms in total. The number of hydrogen-bond donors (Lipinski definition) is 0. The van der Waals surface area contributed by atoms with E-state index in [0.717, 1.165) is 0 Å². The van der Waals surface area contributed by atoms with E-state index in [9.17, 15) is 0 Å². The first-order valence-electron chi connectivity index (χ1n) is 3.31. The molecule has 0 fully saturated rings. The van der Waals surface area contributed by atoms with E-state index < -0.39 is 8.29 Å². The zero-order valence-corrected chi connectivity index (χ0v) is 12.1. The Labute approximate surface area is 100.0 Å². The van der Waals surface area contributed by atoms with Crippen LogP contribution in [-0.2, 0) is 21.5 Å². The lowest BCUT2D eigenvalue weighted by atomic mass is 9.69. The summed E-state index contributed by atoms with van der Waals surface area (Å²) in [6.07, 6.45) is 7.87. The van der Waals surface area contributed by atoms with E-state index in [0.29, 0.717) is 0 Å². The Morgan fingerprint density at radius 3 is 0.917 bits per heavy atom. The largest absolute Gasteiger partial charge is 0.334 e. The van der Waals surface area contributed by atoms with Crippen LogP contribution in [0.2, 0.25) is 0 Å². The average molecular weight is 288 g/mol. The van der Waals surface area contributed by atoms with Crippen LogP contribution in [0.3, 0.4) is 0 Å². The van der Waals surface area contributed by atoms with Gasteiger partial charge in [-0.3, -0.25) is 0 Å². The molecule has 0 aromatic carbocycles. The Morgan fingerprint density at radius 1 is 0.667 bits per heavy atom. The van der Waals surface area contributed by atoms with Gasteiger partial charge in [0.25, 0.3) is 0 Å². The summed E-state index contributed by atoms with van der Waals surface area (Å²) < 4.78 is -3.35. The highest BCUT2D eigenvalue weighted by Crippen LogP contribution is 2.41. The van der Waals surface area contributed by atoms with Gasteiger partial charge in [-0.05, 0) is 0 Å². The second-order valence-corrected chi connectivity index (χ2v) is 12.3. The number of rotatable bonds is 3. The predicted molar refractivity (Wildman–Crippen MR) is 73.3 cm³/mol. The molecule has 0 aliphatic carbocycles. The molecule has 0 bridgehead atoms. The van der Waals surface area contributed by atoms with Gasteiger partial charge in [-0.2, -0.15) is 0 Å². The van der Waals surface area contributed by atoms with E-state index in [4.69, 9.17) is 45.8 Å². The standard InChI is InChI=1S/C4H12B2Cl4S2/c1-11(2)5(7,8)6(9,10)12(3)4/h1-4H3. The maximum atomic E-state index is 6.17. The maximum Gasteiger partial charge on any atom is 0.330 e. The zero-order chi connectivity index (χ0) is 10.2. The molecule has 74 valence electrons. The van der Waals surface area contributed by atoms with Gasteiger partial charge in [-0.15, -0.1) is 0 Å². The molecular weight excluding hydrogens is 276 g/mol. The first-order chi connectivity index (χ1) is 5.14. The summed E-state index contributed by atoms with van der Waals surface area (Å²) in [5, 5.41) is 0. The van der Waals surface area contributed by atoms with Crippen LogP contribution in [0.1, 0.15) is 0 Å². The van der Waals surface area contributed by atoms with Crippen LogP contribution in [0.4, 0.5) is 0 Å². The maximum absolute atomic E-state index is 6.17. The third kappa shape index (κ3) is 2.74. The Kier molecular flexibility index (Phi) is 5.45. The molecule has 0 heterocycles. The lowest BCUT2D eigenvalue weighted by Crippen LogP contribution is -2.57. The van der Waals surface area contributed by atoms with E-state index in [1.165, 1.54) is 0 Å². The molecule has 0 unspecified atom stereocenters. The highest BCUT2D eigenvalue weighted by atomic mass is 35.5. The third-order valence-corrected chi connectivity index (χ3v) is 12.1. The quantitative estimate of drug-likeness (QED) is 0.553. The van der Waals surface area contributed by atoms with Crippen LogP contribution in [0, 0.1) is 0 Å². The van der Waals surface area contributed by atoms with Crippen molar-refractivity contribution in [1.29, 1.82) is 0 Å². The normalized spacial score (nSPS) is 14.5. The minimum Gasteiger partial charge on any atom is -0.334 e. The lowest BCUT2D eigenvalue weighted by Gasteiger charge is -2.39. The molecule has 0 aliphatic rings. The van der Waals surface area contributed by atoms with E-state index in [1.54, 1.807) is 0 Å². The summed E-state index contributed by atoms with van der Waals surface area (Å²) in [7, 11) is -0.303. The second-order valence-electron chi connectivity index (χ2n) is 3.06. The Morgan fingerprint density at radius 2 is 0.833 bits per heavy atom. The van der Waals surface area contributed by atoms with Crippen LogP contribution in [0.15, 0.2) is 0 Å². The molecule has 0 aromatic rings. The van der Waals surface area contributed by atoms with Crippen LogP contribution >= 0.6 is 45.8 Å². The van der Waals surface area contributed by atoms with Gasteiger partial charge in [0.2, 0.25) is 0 Å². The molecule has 12 heavy (non-hydrogen) atoms. The highest BCUT2D eigenvalue weighted by Gasteiger charge is 2.54. The predicted octanol–water partition coefficient (Wildman–Crippen LogP) is 2.65. The Bertz CT molecular complexity index is 143. The van der Waals surface area contributed by atoms with Crippen LogP contribution in [0.25, 0.3) is 0 Å². The fraction of sp³-hybridized carbons (Fsp3) is 1.00. The van der Waals surface area contributed by atoms with Gasteiger partial charge < -0.3 is 45.8 Å². The topological polar surface area (TPSA) is 0 Å². The van der Waals surface area contributed by atoms with Crippen molar-refractivity contribution in [3.05, 3.63) is 0 Å². The molecule has 0 saturated carbocycles. The average Bonchev–Trinajstić information content (AvgIpc) is 1.86. The smallest absolute Gasteiger partial charge is 0.330 e. The number of halogens is 4. The molecule has 0 amide bonds. The van der Waals surface area contributed by atoms with Crippen molar-refractivity contribution in [3.63, 3.8) is 0 Å². The van der Waals surface area contributed by atoms with Crippen molar-refractivity contribution in [2.24, 2.45) is 0 Å². The van der Waals surface area contributed by atoms with Gasteiger partial charge in [0.05, 0.1) is 25.0 Å². The Balaban J connectivity index is 4.75. The molecule has 8 heteroatoms. The van der Waals surface area contributed by atoms with Gasteiger partial charge >= 0.3 is 8.29 Å². The third-order valence-electron chi connectivity index (χ3n) is 1.71. The fourth-order valence-corrected chi connectivity index (χ4v) is 5.70. The van der Waals surface area contributed by atoms with Crippen LogP contribution in [-0.4, -0.2) is 33.3 Å². The SMILES string of the molecule is C[S+](C)[B-](Cl)(Cl)[B-](Cl)(Cl)[S+](C)C. The lowest BCUT2D eigenvalue weighted by molar-refractivity contribution is 2.31. The van der Waals surface area contributed by atoms with Crippen molar-refractivity contribution in [2.45, 2.75) is 0 Å². The second kappa shape index (κ2) is 4.67. The summed E-state index contributed by atoms with van der Waals surface area (Å²) >= 11 is 24.7. The molecular formula is C4H12B2Cl4S2. The number of hydrogen-bond acceptors (Lipinski definition) is 0. The van der Waals surface area contributed by atoms with Crippen LogP contribution < -0.4 is 0 Å². The summed E-state index contributed by atoms with van der Waals surface area (Å²) in [6, 6.07) is 0. The minimum absolute atomic E-state index is 0.152. The molecule has 0 radical (unpaired) electrons. The minimum atomic E-state index is -1.67. The summed E-state index contributed by atoms with van der Waals surface area (Å²) in [4.78, 5) is 0. The van der Waals surface area contributed by atoms with Gasteiger partial charge in [0, 0.05) is 0 Å². The molecule has 0 aromatic heterocycles. The first kappa shape index (κ1) is 14.0. The molecule has 0 atom stereocenters. The van der Waals surface area contributed by atoms with Gasteiger partial charge in [0.15, 0.2) is 0 Å². The van der Waals surface area contributed by atoms with Crippen molar-refractivity contribution < 1.29 is 0 Å². The van der Waals surface area contributed by atoms with E-state index in [1.807, 2.05) is 25.0 Å². The van der Waals surface area contributed by atoms with E-state index in [-0.39, 0.29) is 21.5 Å².